The second-order valence-electron chi connectivity index (χ2n) is 3.38. The van der Waals surface area contributed by atoms with Crippen LogP contribution >= 0.6 is 0 Å². The lowest BCUT2D eigenvalue weighted by molar-refractivity contribution is -0.136. The lowest BCUT2D eigenvalue weighted by Gasteiger charge is -2.17. The molecule has 8 heteroatoms. The predicted molar refractivity (Wildman–Crippen MR) is 53.7 cm³/mol. The molecule has 0 bridgehead atoms. The van der Waals surface area contributed by atoms with Gasteiger partial charge in [-0.2, -0.15) is 0 Å². The van der Waals surface area contributed by atoms with Gasteiger partial charge in [0.1, 0.15) is 6.10 Å². The van der Waals surface area contributed by atoms with E-state index < -0.39 is 12.1 Å². The first-order chi connectivity index (χ1) is 7.47. The fourth-order valence-electron chi connectivity index (χ4n) is 1.25. The number of aliphatic carboxylic acids is 1. The molecule has 6 N–H and O–H groups in total. The van der Waals surface area contributed by atoms with Crippen molar-refractivity contribution in [3.8, 4) is 0 Å². The van der Waals surface area contributed by atoms with Gasteiger partial charge in [-0.15, -0.1) is 0 Å². The van der Waals surface area contributed by atoms with Crippen LogP contribution in [0.25, 0.3) is 0 Å². The van der Waals surface area contributed by atoms with Crippen LogP contribution in [0.2, 0.25) is 0 Å². The molecule has 0 aromatic carbocycles. The molecule has 0 radical (unpaired) electrons. The molecule has 1 aliphatic heterocycles. The second kappa shape index (κ2) is 5.21. The lowest BCUT2D eigenvalue weighted by atomic mass is 10.3. The highest BCUT2D eigenvalue weighted by Gasteiger charge is 2.23. The summed E-state index contributed by atoms with van der Waals surface area (Å²) in [6.45, 7) is 0.623. The normalized spacial score (nSPS) is 20.2. The van der Waals surface area contributed by atoms with Crippen molar-refractivity contribution in [2.75, 3.05) is 13.1 Å². The number of amides is 1. The van der Waals surface area contributed by atoms with Crippen LogP contribution in [0, 0.1) is 0 Å². The van der Waals surface area contributed by atoms with E-state index in [1.54, 1.807) is 0 Å². The minimum absolute atomic E-state index is 0.132. The van der Waals surface area contributed by atoms with Crippen LogP contribution in [0.3, 0.4) is 0 Å². The molecule has 1 saturated heterocycles. The summed E-state index contributed by atoms with van der Waals surface area (Å²) in [6, 6.07) is 0. The molecule has 90 valence electrons. The number of carboxylic acids is 1. The molecule has 0 aliphatic carbocycles. The molecular weight excluding hydrogens is 216 g/mol. The summed E-state index contributed by atoms with van der Waals surface area (Å²) >= 11 is 0. The molecule has 1 heterocycles. The van der Waals surface area contributed by atoms with Gasteiger partial charge in [0.05, 0.1) is 19.5 Å². The van der Waals surface area contributed by atoms with Crippen LogP contribution in [-0.4, -0.2) is 41.4 Å². The molecule has 1 unspecified atom stereocenters. The first-order valence-corrected chi connectivity index (χ1v) is 4.61. The SMILES string of the molecule is N/C(=C\N(N)CC1CNC(=O)O1)CC(=O)O. The highest BCUT2D eigenvalue weighted by atomic mass is 16.6. The van der Waals surface area contributed by atoms with E-state index in [-0.39, 0.29) is 24.8 Å². The van der Waals surface area contributed by atoms with Crippen molar-refractivity contribution in [1.82, 2.24) is 10.3 Å². The van der Waals surface area contributed by atoms with Gasteiger partial charge in [0.25, 0.3) is 0 Å². The Kier molecular flexibility index (Phi) is 3.95. The number of carbonyl (C=O) groups is 2. The molecule has 0 saturated carbocycles. The molecule has 1 fully saturated rings. The first kappa shape index (κ1) is 12.1. The summed E-state index contributed by atoms with van der Waals surface area (Å²) in [5.74, 6) is 4.51. The quantitative estimate of drug-likeness (QED) is 0.335. The molecule has 0 spiro atoms. The largest absolute Gasteiger partial charge is 0.481 e. The Morgan fingerprint density at radius 2 is 2.44 bits per heavy atom. The number of nitrogens with one attached hydrogen (secondary N) is 1. The molecule has 8 nitrogen and oxygen atoms in total. The van der Waals surface area contributed by atoms with E-state index in [1.165, 1.54) is 11.2 Å². The van der Waals surface area contributed by atoms with E-state index in [0.717, 1.165) is 0 Å². The molecule has 1 rings (SSSR count). The Labute approximate surface area is 91.8 Å². The summed E-state index contributed by atoms with van der Waals surface area (Å²) in [4.78, 5) is 21.0. The zero-order valence-corrected chi connectivity index (χ0v) is 8.55. The third-order valence-corrected chi connectivity index (χ3v) is 1.85. The minimum Gasteiger partial charge on any atom is -0.481 e. The maximum absolute atomic E-state index is 10.7. The number of nitrogens with two attached hydrogens (primary N) is 2. The van der Waals surface area contributed by atoms with Crippen molar-refractivity contribution in [3.05, 3.63) is 11.9 Å². The third-order valence-electron chi connectivity index (χ3n) is 1.85. The van der Waals surface area contributed by atoms with Crippen molar-refractivity contribution in [2.24, 2.45) is 11.6 Å². The van der Waals surface area contributed by atoms with Gasteiger partial charge in [0.15, 0.2) is 0 Å². The zero-order valence-electron chi connectivity index (χ0n) is 8.55. The number of carbonyl (C=O) groups excluding carboxylic acids is 1. The van der Waals surface area contributed by atoms with E-state index in [2.05, 4.69) is 5.32 Å². The molecular formula is C8H14N4O4. The van der Waals surface area contributed by atoms with Gasteiger partial charge >= 0.3 is 12.1 Å². The van der Waals surface area contributed by atoms with Gasteiger partial charge < -0.3 is 25.9 Å². The molecule has 1 amide bonds. The standard InChI is InChI=1S/C8H14N4O4/c9-5(1-7(13)14)3-12(10)4-6-2-11-8(15)16-6/h3,6H,1-2,4,9-10H2,(H,11,15)(H,13,14)/b5-3-. The molecule has 0 aromatic rings. The molecule has 16 heavy (non-hydrogen) atoms. The monoisotopic (exact) mass is 230 g/mol. The number of rotatable bonds is 5. The number of hydrazine groups is 1. The number of alkyl carbamates (subject to hydrolysis) is 1. The van der Waals surface area contributed by atoms with E-state index in [1.807, 2.05) is 0 Å². The van der Waals surface area contributed by atoms with Crippen molar-refractivity contribution < 1.29 is 19.4 Å². The summed E-state index contributed by atoms with van der Waals surface area (Å²) < 4.78 is 4.84. The van der Waals surface area contributed by atoms with Crippen molar-refractivity contribution >= 4 is 12.1 Å². The fraction of sp³-hybridized carbons (Fsp3) is 0.500. The number of hydrogen-bond donors (Lipinski definition) is 4. The van der Waals surface area contributed by atoms with E-state index >= 15 is 0 Å². The third kappa shape index (κ3) is 4.05. The van der Waals surface area contributed by atoms with Crippen LogP contribution in [0.15, 0.2) is 11.9 Å². The number of cyclic esters (lactones) is 1. The maximum atomic E-state index is 10.7. The Morgan fingerprint density at radius 1 is 1.75 bits per heavy atom. The van der Waals surface area contributed by atoms with Crippen LogP contribution in [0.1, 0.15) is 6.42 Å². The molecule has 1 aliphatic rings. The number of ether oxygens (including phenoxy) is 1. The van der Waals surface area contributed by atoms with E-state index in [4.69, 9.17) is 21.4 Å². The van der Waals surface area contributed by atoms with Crippen LogP contribution < -0.4 is 16.9 Å². The number of nitrogens with zero attached hydrogens (tertiary/aromatic N) is 1. The Bertz CT molecular complexity index is 317. The average Bonchev–Trinajstić information content (AvgIpc) is 2.48. The smallest absolute Gasteiger partial charge is 0.407 e. The first-order valence-electron chi connectivity index (χ1n) is 4.61. The molecule has 1 atom stereocenters. The van der Waals surface area contributed by atoms with Crippen LogP contribution in [-0.2, 0) is 9.53 Å². The Morgan fingerprint density at radius 3 is 2.94 bits per heavy atom. The van der Waals surface area contributed by atoms with Gasteiger partial charge in [-0.05, 0) is 0 Å². The van der Waals surface area contributed by atoms with Gasteiger partial charge in [-0.3, -0.25) is 4.79 Å². The van der Waals surface area contributed by atoms with Gasteiger partial charge in [0.2, 0.25) is 0 Å². The second-order valence-corrected chi connectivity index (χ2v) is 3.38. The van der Waals surface area contributed by atoms with Crippen LogP contribution in [0.4, 0.5) is 4.79 Å². The predicted octanol–water partition coefficient (Wildman–Crippen LogP) is -1.45. The Balaban J connectivity index is 2.37. The fourth-order valence-corrected chi connectivity index (χ4v) is 1.25. The van der Waals surface area contributed by atoms with E-state index in [0.29, 0.717) is 6.54 Å². The average molecular weight is 230 g/mol. The summed E-state index contributed by atoms with van der Waals surface area (Å²) in [5.41, 5.74) is 5.54. The van der Waals surface area contributed by atoms with E-state index in [9.17, 15) is 9.59 Å². The zero-order chi connectivity index (χ0) is 12.1. The minimum atomic E-state index is -1.03. The highest BCUT2D eigenvalue weighted by molar-refractivity contribution is 5.69. The lowest BCUT2D eigenvalue weighted by Crippen LogP contribution is -2.36. The molecule has 0 aromatic heterocycles. The number of hydrogen-bond acceptors (Lipinski definition) is 6. The van der Waals surface area contributed by atoms with Gasteiger partial charge in [-0.1, -0.05) is 0 Å². The summed E-state index contributed by atoms with van der Waals surface area (Å²) in [5, 5.41) is 12.1. The highest BCUT2D eigenvalue weighted by Crippen LogP contribution is 2.02. The van der Waals surface area contributed by atoms with Crippen molar-refractivity contribution in [3.63, 3.8) is 0 Å². The topological polar surface area (TPSA) is 131 Å². The summed E-state index contributed by atoms with van der Waals surface area (Å²) in [7, 11) is 0. The Hall–Kier alpha value is -1.96. The maximum Gasteiger partial charge on any atom is 0.407 e. The van der Waals surface area contributed by atoms with Gasteiger partial charge in [-0.25, -0.2) is 10.6 Å². The number of carboxylic acid groups (broad SMARTS) is 1. The van der Waals surface area contributed by atoms with Gasteiger partial charge in [0, 0.05) is 11.9 Å². The summed E-state index contributed by atoms with van der Waals surface area (Å²) in [6.07, 6.45) is 0.184. The van der Waals surface area contributed by atoms with Crippen molar-refractivity contribution in [1.29, 1.82) is 0 Å². The van der Waals surface area contributed by atoms with Crippen molar-refractivity contribution in [2.45, 2.75) is 12.5 Å². The van der Waals surface area contributed by atoms with Crippen LogP contribution in [0.5, 0.6) is 0 Å².